The summed E-state index contributed by atoms with van der Waals surface area (Å²) >= 11 is 0. The molecule has 2 atom stereocenters. The van der Waals surface area contributed by atoms with Crippen molar-refractivity contribution >= 4 is 22.5 Å². The molecule has 2 heterocycles. The number of hydrogen-bond donors (Lipinski definition) is 1. The minimum atomic E-state index is 0.162. The van der Waals surface area contributed by atoms with Crippen LogP contribution in [0, 0.1) is 5.92 Å². The molecular weight excluding hydrogens is 366 g/mol. The van der Waals surface area contributed by atoms with Gasteiger partial charge in [0.25, 0.3) is 0 Å². The van der Waals surface area contributed by atoms with E-state index >= 15 is 0 Å². The zero-order valence-electron chi connectivity index (χ0n) is 16.6. The van der Waals surface area contributed by atoms with Crippen molar-refractivity contribution in [3.05, 3.63) is 53.9 Å². The molecule has 0 bridgehead atoms. The normalized spacial score (nSPS) is 17.6. The van der Waals surface area contributed by atoms with E-state index in [1.54, 1.807) is 6.20 Å². The smallest absolute Gasteiger partial charge is 0.242 e. The Labute approximate surface area is 169 Å². The Hall–Kier alpha value is -3.02. The van der Waals surface area contributed by atoms with E-state index in [9.17, 15) is 9.59 Å². The summed E-state index contributed by atoms with van der Waals surface area (Å²) in [6.07, 6.45) is 4.61. The molecule has 0 amide bonds. The number of carbonyl (C=O) groups excluding carboxylic acids is 2. The molecule has 0 aliphatic heterocycles. The molecule has 29 heavy (non-hydrogen) atoms. The monoisotopic (exact) mass is 391 g/mol. The third-order valence-electron chi connectivity index (χ3n) is 5.55. The van der Waals surface area contributed by atoms with E-state index in [1.807, 2.05) is 24.3 Å². The number of pyridine rings is 1. The van der Waals surface area contributed by atoms with Crippen LogP contribution in [0.2, 0.25) is 0 Å². The van der Waals surface area contributed by atoms with Gasteiger partial charge in [-0.1, -0.05) is 37.3 Å². The lowest BCUT2D eigenvalue weighted by molar-refractivity contribution is -0.119. The van der Waals surface area contributed by atoms with Gasteiger partial charge in [0, 0.05) is 43.5 Å². The number of carbonyl (C=O) groups is 2. The first-order chi connectivity index (χ1) is 14.1. The molecule has 0 saturated heterocycles. The van der Waals surface area contributed by atoms with Gasteiger partial charge in [-0.05, 0) is 24.0 Å². The number of aromatic nitrogens is 3. The minimum Gasteiger partial charge on any atom is -0.476 e. The van der Waals surface area contributed by atoms with Gasteiger partial charge in [-0.3, -0.25) is 19.7 Å². The number of Topliss-reactive ketones (excluding diaryl/α,β-unsaturated/α-hetero) is 2. The van der Waals surface area contributed by atoms with Gasteiger partial charge in [0.15, 0.2) is 0 Å². The van der Waals surface area contributed by atoms with E-state index in [0.29, 0.717) is 44.0 Å². The quantitative estimate of drug-likeness (QED) is 0.627. The van der Waals surface area contributed by atoms with E-state index in [1.165, 1.54) is 5.56 Å². The number of hydrogen-bond acceptors (Lipinski definition) is 5. The molecule has 6 heteroatoms. The number of nitrogens with one attached hydrogen (secondary N) is 1. The molecule has 1 saturated carbocycles. The lowest BCUT2D eigenvalue weighted by Gasteiger charge is -2.10. The van der Waals surface area contributed by atoms with Crippen LogP contribution in [0.3, 0.4) is 0 Å². The van der Waals surface area contributed by atoms with Crippen LogP contribution in [0.15, 0.2) is 42.6 Å². The third-order valence-corrected chi connectivity index (χ3v) is 5.55. The largest absolute Gasteiger partial charge is 0.476 e. The fourth-order valence-electron chi connectivity index (χ4n) is 3.88. The number of nitrogens with zero attached hydrogens (tertiary/aromatic N) is 2. The summed E-state index contributed by atoms with van der Waals surface area (Å²) in [6.45, 7) is 2.56. The van der Waals surface area contributed by atoms with Crippen LogP contribution in [0.4, 0.5) is 0 Å². The van der Waals surface area contributed by atoms with Crippen molar-refractivity contribution in [2.24, 2.45) is 5.92 Å². The van der Waals surface area contributed by atoms with Gasteiger partial charge in [-0.15, -0.1) is 5.10 Å². The van der Waals surface area contributed by atoms with E-state index in [2.05, 4.69) is 34.2 Å². The van der Waals surface area contributed by atoms with Crippen molar-refractivity contribution in [1.29, 1.82) is 0 Å². The summed E-state index contributed by atoms with van der Waals surface area (Å²) in [5.74, 6) is 1.42. The van der Waals surface area contributed by atoms with Crippen LogP contribution >= 0.6 is 0 Å². The molecule has 4 rings (SSSR count). The molecule has 6 nitrogen and oxygen atoms in total. The second-order valence-electron chi connectivity index (χ2n) is 7.94. The summed E-state index contributed by atoms with van der Waals surface area (Å²) in [5.41, 5.74) is 2.69. The number of H-pyrrole nitrogens is 1. The van der Waals surface area contributed by atoms with Crippen LogP contribution in [-0.2, 0) is 16.0 Å². The standard InChI is InChI=1S/C23H25N3O3/c1-15(17-5-3-2-4-6-17)9-20(28)11-18-12-22-21(13-24-18)23(26-25-22)29-14-16-7-8-19(27)10-16/h2-6,12-13,15-16H,7-11,14H2,1H3,(H,25,26)/t15-,16-/m0/s1. The first-order valence-electron chi connectivity index (χ1n) is 10.1. The average molecular weight is 391 g/mol. The maximum Gasteiger partial charge on any atom is 0.242 e. The molecule has 1 aliphatic carbocycles. The van der Waals surface area contributed by atoms with Crippen LogP contribution < -0.4 is 4.74 Å². The molecule has 0 spiro atoms. The summed E-state index contributed by atoms with van der Waals surface area (Å²) in [4.78, 5) is 28.3. The Morgan fingerprint density at radius 3 is 2.90 bits per heavy atom. The molecule has 2 aromatic heterocycles. The Kier molecular flexibility index (Phi) is 5.69. The topological polar surface area (TPSA) is 84.9 Å². The number of aromatic amines is 1. The summed E-state index contributed by atoms with van der Waals surface area (Å²) in [5, 5.41) is 7.98. The number of ether oxygens (including phenoxy) is 1. The Morgan fingerprint density at radius 2 is 2.14 bits per heavy atom. The molecule has 0 unspecified atom stereocenters. The van der Waals surface area contributed by atoms with Crippen LogP contribution in [0.1, 0.15) is 49.8 Å². The number of ketones is 2. The molecular formula is C23H25N3O3. The number of fused-ring (bicyclic) bond motifs is 1. The highest BCUT2D eigenvalue weighted by Crippen LogP contribution is 2.27. The van der Waals surface area contributed by atoms with Crippen molar-refractivity contribution in [2.45, 2.75) is 44.9 Å². The highest BCUT2D eigenvalue weighted by molar-refractivity contribution is 5.86. The zero-order valence-corrected chi connectivity index (χ0v) is 16.6. The highest BCUT2D eigenvalue weighted by Gasteiger charge is 2.23. The molecule has 1 N–H and O–H groups in total. The molecule has 1 fully saturated rings. The Morgan fingerprint density at radius 1 is 1.31 bits per heavy atom. The van der Waals surface area contributed by atoms with Gasteiger partial charge in [-0.25, -0.2) is 0 Å². The predicted octanol–water partition coefficient (Wildman–Crippen LogP) is 4.01. The first kappa shape index (κ1) is 19.3. The van der Waals surface area contributed by atoms with Crippen LogP contribution in [0.5, 0.6) is 5.88 Å². The predicted molar refractivity (Wildman–Crippen MR) is 110 cm³/mol. The molecule has 1 aliphatic rings. The van der Waals surface area contributed by atoms with Gasteiger partial charge in [0.2, 0.25) is 5.88 Å². The second kappa shape index (κ2) is 8.55. The van der Waals surface area contributed by atoms with Crippen molar-refractivity contribution < 1.29 is 14.3 Å². The Balaban J connectivity index is 1.36. The summed E-state index contributed by atoms with van der Waals surface area (Å²) < 4.78 is 5.81. The second-order valence-corrected chi connectivity index (χ2v) is 7.94. The third kappa shape index (κ3) is 4.70. The van der Waals surface area contributed by atoms with E-state index in [0.717, 1.165) is 23.0 Å². The molecule has 1 aromatic carbocycles. The van der Waals surface area contributed by atoms with Crippen molar-refractivity contribution in [3.8, 4) is 5.88 Å². The van der Waals surface area contributed by atoms with Gasteiger partial charge >= 0.3 is 0 Å². The Bertz CT molecular complexity index is 1010. The van der Waals surface area contributed by atoms with Crippen LogP contribution in [-0.4, -0.2) is 33.4 Å². The van der Waals surface area contributed by atoms with Gasteiger partial charge in [-0.2, -0.15) is 0 Å². The summed E-state index contributed by atoms with van der Waals surface area (Å²) in [7, 11) is 0. The fraction of sp³-hybridized carbons (Fsp3) is 0.391. The maximum absolute atomic E-state index is 12.5. The van der Waals surface area contributed by atoms with E-state index < -0.39 is 0 Å². The lowest BCUT2D eigenvalue weighted by Crippen LogP contribution is -2.09. The van der Waals surface area contributed by atoms with Crippen molar-refractivity contribution in [3.63, 3.8) is 0 Å². The van der Waals surface area contributed by atoms with Gasteiger partial charge in [0.1, 0.15) is 11.6 Å². The highest BCUT2D eigenvalue weighted by atomic mass is 16.5. The number of rotatable bonds is 8. The number of benzene rings is 1. The first-order valence-corrected chi connectivity index (χ1v) is 10.1. The van der Waals surface area contributed by atoms with Gasteiger partial charge < -0.3 is 4.74 Å². The summed E-state index contributed by atoms with van der Waals surface area (Å²) in [6, 6.07) is 11.9. The average Bonchev–Trinajstić information content (AvgIpc) is 3.32. The molecule has 3 aromatic rings. The van der Waals surface area contributed by atoms with Crippen molar-refractivity contribution in [1.82, 2.24) is 15.2 Å². The molecule has 150 valence electrons. The fourth-order valence-corrected chi connectivity index (χ4v) is 3.88. The van der Waals surface area contributed by atoms with Crippen LogP contribution in [0.25, 0.3) is 10.9 Å². The molecule has 0 radical (unpaired) electrons. The van der Waals surface area contributed by atoms with Gasteiger partial charge in [0.05, 0.1) is 17.5 Å². The SMILES string of the molecule is C[C@@H](CC(=O)Cc1cc2[nH]nc(OC[C@H]3CCC(=O)C3)c2cn1)c1ccccc1. The maximum atomic E-state index is 12.5. The zero-order chi connectivity index (χ0) is 20.2. The lowest BCUT2D eigenvalue weighted by atomic mass is 9.94. The van der Waals surface area contributed by atoms with Crippen molar-refractivity contribution in [2.75, 3.05) is 6.61 Å². The van der Waals surface area contributed by atoms with E-state index in [4.69, 9.17) is 4.74 Å². The minimum absolute atomic E-state index is 0.162. The van der Waals surface area contributed by atoms with E-state index in [-0.39, 0.29) is 17.6 Å².